The molecule has 0 atom stereocenters. The first-order valence-electron chi connectivity index (χ1n) is 7.99. The zero-order valence-corrected chi connectivity index (χ0v) is 14.3. The summed E-state index contributed by atoms with van der Waals surface area (Å²) < 4.78 is 8.52. The van der Waals surface area contributed by atoms with Gasteiger partial charge in [-0.05, 0) is 32.8 Å². The van der Waals surface area contributed by atoms with Crippen molar-refractivity contribution >= 4 is 17.4 Å². The molecule has 8 heteroatoms. The van der Waals surface area contributed by atoms with Crippen LogP contribution >= 0.6 is 0 Å². The second kappa shape index (κ2) is 6.19. The summed E-state index contributed by atoms with van der Waals surface area (Å²) in [5.41, 5.74) is 2.29. The Morgan fingerprint density at radius 1 is 1.32 bits per heavy atom. The fraction of sp³-hybridized carbons (Fsp3) is 0.412. The van der Waals surface area contributed by atoms with E-state index in [4.69, 9.17) is 4.74 Å². The summed E-state index contributed by atoms with van der Waals surface area (Å²) >= 11 is 0. The smallest absolute Gasteiger partial charge is 0.355 e. The number of nitro groups is 1. The van der Waals surface area contributed by atoms with Crippen molar-refractivity contribution in [1.29, 1.82) is 0 Å². The Balaban J connectivity index is 1.69. The third-order valence-corrected chi connectivity index (χ3v) is 4.44. The maximum absolute atomic E-state index is 12.4. The van der Waals surface area contributed by atoms with E-state index in [-0.39, 0.29) is 17.2 Å². The van der Waals surface area contributed by atoms with E-state index in [0.29, 0.717) is 11.6 Å². The van der Waals surface area contributed by atoms with E-state index in [1.54, 1.807) is 0 Å². The highest BCUT2D eigenvalue weighted by molar-refractivity contribution is 6.00. The average molecular weight is 345 g/mol. The van der Waals surface area contributed by atoms with Crippen LogP contribution in [0.4, 0.5) is 5.69 Å². The van der Waals surface area contributed by atoms with Gasteiger partial charge in [0.1, 0.15) is 5.69 Å². The van der Waals surface area contributed by atoms with E-state index in [2.05, 4.69) is 4.57 Å². The van der Waals surface area contributed by atoms with E-state index < -0.39 is 17.5 Å². The summed E-state index contributed by atoms with van der Waals surface area (Å²) in [7, 11) is 1.51. The molecular weight excluding hydrogens is 326 g/mol. The third kappa shape index (κ3) is 3.19. The average Bonchev–Trinajstić information content (AvgIpc) is 3.23. The minimum absolute atomic E-state index is 0.0305. The number of carbonyl (C=O) groups excluding carboxylic acids is 2. The van der Waals surface area contributed by atoms with Gasteiger partial charge < -0.3 is 13.9 Å². The first-order valence-corrected chi connectivity index (χ1v) is 7.99. The second-order valence-electron chi connectivity index (χ2n) is 6.34. The van der Waals surface area contributed by atoms with Crippen LogP contribution in [0.2, 0.25) is 0 Å². The van der Waals surface area contributed by atoms with Gasteiger partial charge in [0.25, 0.3) is 5.69 Å². The van der Waals surface area contributed by atoms with E-state index in [9.17, 15) is 19.7 Å². The molecule has 0 bridgehead atoms. The Morgan fingerprint density at radius 3 is 2.56 bits per heavy atom. The number of nitrogens with zero attached hydrogens (tertiary/aromatic N) is 3. The predicted molar refractivity (Wildman–Crippen MR) is 88.9 cm³/mol. The number of ketones is 1. The number of Topliss-reactive ketones (excluding diaryl/α,β-unsaturated/α-hetero) is 1. The van der Waals surface area contributed by atoms with Crippen molar-refractivity contribution in [2.45, 2.75) is 32.7 Å². The fourth-order valence-electron chi connectivity index (χ4n) is 3.09. The molecule has 1 aliphatic rings. The number of carbonyl (C=O) groups is 2. The lowest BCUT2D eigenvalue weighted by molar-refractivity contribution is -0.384. The molecule has 0 spiro atoms. The molecule has 2 heterocycles. The lowest BCUT2D eigenvalue weighted by Crippen LogP contribution is -2.16. The van der Waals surface area contributed by atoms with Crippen LogP contribution < -0.4 is 0 Å². The standard InChI is InChI=1S/C17H19N3O5/c1-10-6-14(11(2)19(10)12-4-5-12)16(21)9-25-17(22)15-7-13(20(23)24)8-18(15)3/h6-8,12H,4-5,9H2,1-3H3. The van der Waals surface area contributed by atoms with Crippen molar-refractivity contribution in [2.75, 3.05) is 6.61 Å². The summed E-state index contributed by atoms with van der Waals surface area (Å²) in [6.07, 6.45) is 3.46. The Hall–Kier alpha value is -2.90. The Bertz CT molecular complexity index is 873. The van der Waals surface area contributed by atoms with Gasteiger partial charge in [0, 0.05) is 36.1 Å². The Labute approximate surface area is 144 Å². The predicted octanol–water partition coefficient (Wildman–Crippen LogP) is 2.73. The molecule has 3 rings (SSSR count). The number of aromatic nitrogens is 2. The van der Waals surface area contributed by atoms with Gasteiger partial charge in [-0.15, -0.1) is 0 Å². The second-order valence-corrected chi connectivity index (χ2v) is 6.34. The summed E-state index contributed by atoms with van der Waals surface area (Å²) in [5.74, 6) is -1.04. The number of hydrogen-bond donors (Lipinski definition) is 0. The van der Waals surface area contributed by atoms with E-state index >= 15 is 0 Å². The van der Waals surface area contributed by atoms with Crippen molar-refractivity contribution in [2.24, 2.45) is 7.05 Å². The first kappa shape index (κ1) is 16.9. The fourth-order valence-corrected chi connectivity index (χ4v) is 3.09. The van der Waals surface area contributed by atoms with Gasteiger partial charge in [-0.2, -0.15) is 0 Å². The zero-order chi connectivity index (χ0) is 18.3. The monoisotopic (exact) mass is 345 g/mol. The molecule has 1 saturated carbocycles. The summed E-state index contributed by atoms with van der Waals surface area (Å²) in [5, 5.41) is 10.8. The third-order valence-electron chi connectivity index (χ3n) is 4.44. The molecule has 1 aliphatic carbocycles. The molecule has 0 radical (unpaired) electrons. The summed E-state index contributed by atoms with van der Waals surface area (Å²) in [4.78, 5) is 34.7. The van der Waals surface area contributed by atoms with Crippen LogP contribution in [-0.2, 0) is 11.8 Å². The maximum atomic E-state index is 12.4. The highest BCUT2D eigenvalue weighted by Gasteiger charge is 2.28. The van der Waals surface area contributed by atoms with Gasteiger partial charge in [0.2, 0.25) is 5.78 Å². The van der Waals surface area contributed by atoms with Gasteiger partial charge in [-0.1, -0.05) is 0 Å². The number of hydrogen-bond acceptors (Lipinski definition) is 5. The van der Waals surface area contributed by atoms with Gasteiger partial charge in [0.05, 0.1) is 11.1 Å². The number of aryl methyl sites for hydroxylation is 2. The van der Waals surface area contributed by atoms with Crippen LogP contribution in [-0.4, -0.2) is 32.4 Å². The molecule has 0 amide bonds. The highest BCUT2D eigenvalue weighted by atomic mass is 16.6. The molecule has 2 aromatic rings. The minimum atomic E-state index is -0.764. The molecule has 25 heavy (non-hydrogen) atoms. The lowest BCUT2D eigenvalue weighted by Gasteiger charge is -2.08. The molecule has 0 aromatic carbocycles. The molecule has 0 aliphatic heterocycles. The molecule has 0 N–H and O–H groups in total. The molecule has 0 unspecified atom stereocenters. The van der Waals surface area contributed by atoms with E-state index in [1.807, 2.05) is 19.9 Å². The van der Waals surface area contributed by atoms with Crippen LogP contribution in [0.5, 0.6) is 0 Å². The number of ether oxygens (including phenoxy) is 1. The van der Waals surface area contributed by atoms with Crippen molar-refractivity contribution < 1.29 is 19.2 Å². The van der Waals surface area contributed by atoms with Gasteiger partial charge >= 0.3 is 5.97 Å². The van der Waals surface area contributed by atoms with Gasteiger partial charge in [-0.3, -0.25) is 14.9 Å². The van der Waals surface area contributed by atoms with E-state index in [1.165, 1.54) is 17.8 Å². The normalized spacial score (nSPS) is 13.7. The summed E-state index contributed by atoms with van der Waals surface area (Å²) in [6.45, 7) is 3.45. The Kier molecular flexibility index (Phi) is 4.20. The number of rotatable bonds is 6. The van der Waals surface area contributed by atoms with Crippen LogP contribution in [0, 0.1) is 24.0 Å². The first-order chi connectivity index (χ1) is 11.8. The van der Waals surface area contributed by atoms with Crippen molar-refractivity contribution in [1.82, 2.24) is 9.13 Å². The largest absolute Gasteiger partial charge is 0.453 e. The van der Waals surface area contributed by atoms with E-state index in [0.717, 1.165) is 30.3 Å². The quantitative estimate of drug-likeness (QED) is 0.347. The van der Waals surface area contributed by atoms with Gasteiger partial charge in [-0.25, -0.2) is 4.79 Å². The summed E-state index contributed by atoms with van der Waals surface area (Å²) in [6, 6.07) is 3.41. The molecule has 8 nitrogen and oxygen atoms in total. The SMILES string of the molecule is Cc1cc(C(=O)COC(=O)c2cc([N+](=O)[O-])cn2C)c(C)n1C1CC1. The molecular formula is C17H19N3O5. The molecule has 1 fully saturated rings. The number of esters is 1. The van der Waals surface area contributed by atoms with Gasteiger partial charge in [0.15, 0.2) is 6.61 Å². The molecule has 2 aromatic heterocycles. The Morgan fingerprint density at radius 2 is 2.00 bits per heavy atom. The van der Waals surface area contributed by atoms with Crippen LogP contribution in [0.1, 0.15) is 51.1 Å². The maximum Gasteiger partial charge on any atom is 0.355 e. The van der Waals surface area contributed by atoms with Crippen LogP contribution in [0.25, 0.3) is 0 Å². The van der Waals surface area contributed by atoms with Crippen molar-refractivity contribution in [3.63, 3.8) is 0 Å². The highest BCUT2D eigenvalue weighted by Crippen LogP contribution is 2.38. The van der Waals surface area contributed by atoms with Crippen molar-refractivity contribution in [3.8, 4) is 0 Å². The lowest BCUT2D eigenvalue weighted by atomic mass is 10.1. The molecule has 0 saturated heterocycles. The molecule has 132 valence electrons. The van der Waals surface area contributed by atoms with Crippen LogP contribution in [0.15, 0.2) is 18.3 Å². The topological polar surface area (TPSA) is 96.4 Å². The zero-order valence-electron chi connectivity index (χ0n) is 14.3. The van der Waals surface area contributed by atoms with Crippen LogP contribution in [0.3, 0.4) is 0 Å². The minimum Gasteiger partial charge on any atom is -0.453 e. The van der Waals surface area contributed by atoms with Crippen molar-refractivity contribution in [3.05, 3.63) is 51.1 Å².